The van der Waals surface area contributed by atoms with Crippen LogP contribution in [0, 0.1) is 11.8 Å². The van der Waals surface area contributed by atoms with Crippen molar-refractivity contribution in [3.63, 3.8) is 0 Å². The Morgan fingerprint density at radius 1 is 1.18 bits per heavy atom. The van der Waals surface area contributed by atoms with Gasteiger partial charge in [-0.15, -0.1) is 24.8 Å². The number of rotatable bonds is 1. The first-order chi connectivity index (χ1) is 7.34. The molecule has 4 nitrogen and oxygen atoms in total. The van der Waals surface area contributed by atoms with Crippen molar-refractivity contribution in [2.24, 2.45) is 11.8 Å². The van der Waals surface area contributed by atoms with E-state index < -0.39 is 0 Å². The number of nitrogens with one attached hydrogen (secondary N) is 2. The van der Waals surface area contributed by atoms with E-state index in [0.717, 1.165) is 45.1 Å². The van der Waals surface area contributed by atoms with E-state index in [1.54, 1.807) is 0 Å². The van der Waals surface area contributed by atoms with E-state index in [1.165, 1.54) is 6.42 Å². The predicted octanol–water partition coefficient (Wildman–Crippen LogP) is 0.260. The topological polar surface area (TPSA) is 44.4 Å². The van der Waals surface area contributed by atoms with Crippen molar-refractivity contribution in [1.29, 1.82) is 0 Å². The zero-order chi connectivity index (χ0) is 10.3. The van der Waals surface area contributed by atoms with Crippen LogP contribution in [0.4, 0.5) is 0 Å². The fourth-order valence-electron chi connectivity index (χ4n) is 2.97. The molecule has 0 spiro atoms. The number of hydrogen-bond acceptors (Lipinski definition) is 3. The molecule has 0 aromatic carbocycles. The highest BCUT2D eigenvalue weighted by atomic mass is 35.5. The molecular formula is C11H21Cl2N3O. The van der Waals surface area contributed by atoms with E-state index in [0.29, 0.717) is 11.9 Å². The van der Waals surface area contributed by atoms with Crippen molar-refractivity contribution in [1.82, 2.24) is 15.5 Å². The number of likely N-dealkylation sites (tertiary alicyclic amines) is 1. The normalized spacial score (nSPS) is 31.9. The van der Waals surface area contributed by atoms with Crippen molar-refractivity contribution < 1.29 is 4.79 Å². The van der Waals surface area contributed by atoms with Crippen LogP contribution in [-0.2, 0) is 4.79 Å². The second-order valence-electron chi connectivity index (χ2n) is 5.04. The highest BCUT2D eigenvalue weighted by Gasteiger charge is 2.37. The highest BCUT2D eigenvalue weighted by Crippen LogP contribution is 2.25. The lowest BCUT2D eigenvalue weighted by atomic mass is 9.91. The van der Waals surface area contributed by atoms with Gasteiger partial charge >= 0.3 is 0 Å². The van der Waals surface area contributed by atoms with E-state index in [1.807, 2.05) is 0 Å². The van der Waals surface area contributed by atoms with Crippen LogP contribution < -0.4 is 10.6 Å². The third-order valence-corrected chi connectivity index (χ3v) is 4.10. The van der Waals surface area contributed by atoms with Crippen molar-refractivity contribution >= 4 is 30.7 Å². The number of amides is 1. The summed E-state index contributed by atoms with van der Waals surface area (Å²) in [6.45, 7) is 4.88. The van der Waals surface area contributed by atoms with Crippen LogP contribution in [0.3, 0.4) is 0 Å². The van der Waals surface area contributed by atoms with Gasteiger partial charge in [-0.2, -0.15) is 0 Å². The average molecular weight is 282 g/mol. The number of piperidine rings is 1. The van der Waals surface area contributed by atoms with Gasteiger partial charge in [0.25, 0.3) is 0 Å². The predicted molar refractivity (Wildman–Crippen MR) is 72.0 cm³/mol. The first-order valence-electron chi connectivity index (χ1n) is 6.07. The maximum Gasteiger partial charge on any atom is 0.228 e. The minimum Gasteiger partial charge on any atom is -0.342 e. The molecule has 2 unspecified atom stereocenters. The van der Waals surface area contributed by atoms with Gasteiger partial charge in [0.05, 0.1) is 5.92 Å². The number of halogens is 2. The molecule has 2 N–H and O–H groups in total. The van der Waals surface area contributed by atoms with Gasteiger partial charge in [0.15, 0.2) is 0 Å². The van der Waals surface area contributed by atoms with Gasteiger partial charge in [-0.05, 0) is 25.3 Å². The lowest BCUT2D eigenvalue weighted by molar-refractivity contribution is -0.139. The summed E-state index contributed by atoms with van der Waals surface area (Å²) in [5, 5.41) is 6.69. The minimum absolute atomic E-state index is 0. The number of nitrogens with zero attached hydrogens (tertiary/aromatic N) is 1. The lowest BCUT2D eigenvalue weighted by Gasteiger charge is -2.38. The van der Waals surface area contributed by atoms with E-state index in [4.69, 9.17) is 0 Å². The molecule has 2 atom stereocenters. The zero-order valence-corrected chi connectivity index (χ0v) is 11.5. The quantitative estimate of drug-likeness (QED) is 0.725. The van der Waals surface area contributed by atoms with Gasteiger partial charge < -0.3 is 15.5 Å². The lowest BCUT2D eigenvalue weighted by Crippen LogP contribution is -2.55. The number of fused-ring (bicyclic) bond motifs is 1. The first kappa shape index (κ1) is 15.0. The zero-order valence-electron chi connectivity index (χ0n) is 9.85. The third-order valence-electron chi connectivity index (χ3n) is 4.10. The van der Waals surface area contributed by atoms with Gasteiger partial charge in [0, 0.05) is 32.2 Å². The standard InChI is InChI=1S/C11H19N3O.2ClH/c15-11(9-5-12-6-9)14-4-2-10-8(7-14)1-3-13-10;;/h8-10,12-13H,1-7H2;2*1H. The van der Waals surface area contributed by atoms with Crippen LogP contribution in [-0.4, -0.2) is 49.6 Å². The second kappa shape index (κ2) is 6.23. The maximum absolute atomic E-state index is 12.0. The maximum atomic E-state index is 12.0. The van der Waals surface area contributed by atoms with Crippen molar-refractivity contribution in [3.05, 3.63) is 0 Å². The fraction of sp³-hybridized carbons (Fsp3) is 0.909. The molecule has 1 amide bonds. The van der Waals surface area contributed by atoms with Gasteiger partial charge in [0.2, 0.25) is 5.91 Å². The van der Waals surface area contributed by atoms with Crippen LogP contribution in [0.1, 0.15) is 12.8 Å². The van der Waals surface area contributed by atoms with Crippen LogP contribution >= 0.6 is 24.8 Å². The number of hydrogen-bond donors (Lipinski definition) is 2. The van der Waals surface area contributed by atoms with Crippen LogP contribution in [0.15, 0.2) is 0 Å². The number of carbonyl (C=O) groups is 1. The summed E-state index contributed by atoms with van der Waals surface area (Å²) in [5.41, 5.74) is 0. The largest absolute Gasteiger partial charge is 0.342 e. The van der Waals surface area contributed by atoms with Gasteiger partial charge in [-0.1, -0.05) is 0 Å². The molecule has 17 heavy (non-hydrogen) atoms. The molecule has 3 aliphatic heterocycles. The molecule has 100 valence electrons. The summed E-state index contributed by atoms with van der Waals surface area (Å²) in [6.07, 6.45) is 2.40. The third kappa shape index (κ3) is 2.87. The van der Waals surface area contributed by atoms with Crippen molar-refractivity contribution in [2.75, 3.05) is 32.7 Å². The molecular weight excluding hydrogens is 261 g/mol. The summed E-state index contributed by atoms with van der Waals surface area (Å²) >= 11 is 0. The Hall–Kier alpha value is -0.0300. The van der Waals surface area contributed by atoms with E-state index in [9.17, 15) is 4.79 Å². The Morgan fingerprint density at radius 3 is 2.59 bits per heavy atom. The second-order valence-corrected chi connectivity index (χ2v) is 5.04. The monoisotopic (exact) mass is 281 g/mol. The minimum atomic E-state index is 0. The molecule has 0 aliphatic carbocycles. The van der Waals surface area contributed by atoms with Crippen LogP contribution in [0.25, 0.3) is 0 Å². The summed E-state index contributed by atoms with van der Waals surface area (Å²) in [5.74, 6) is 1.38. The Kier molecular flexibility index (Phi) is 5.51. The molecule has 3 saturated heterocycles. The highest BCUT2D eigenvalue weighted by molar-refractivity contribution is 5.85. The summed E-state index contributed by atoms with van der Waals surface area (Å²) < 4.78 is 0. The molecule has 3 aliphatic rings. The van der Waals surface area contributed by atoms with Gasteiger partial charge in [-0.3, -0.25) is 4.79 Å². The Bertz CT molecular complexity index is 273. The first-order valence-corrected chi connectivity index (χ1v) is 6.07. The molecule has 6 heteroatoms. The van der Waals surface area contributed by atoms with E-state index >= 15 is 0 Å². The Balaban J connectivity index is 0.000000722. The Morgan fingerprint density at radius 2 is 1.94 bits per heavy atom. The van der Waals surface area contributed by atoms with Gasteiger partial charge in [0.1, 0.15) is 0 Å². The summed E-state index contributed by atoms with van der Waals surface area (Å²) in [6, 6.07) is 0.688. The van der Waals surface area contributed by atoms with E-state index in [-0.39, 0.29) is 30.7 Å². The molecule has 0 saturated carbocycles. The summed E-state index contributed by atoms with van der Waals surface area (Å²) in [7, 11) is 0. The summed E-state index contributed by atoms with van der Waals surface area (Å²) in [4.78, 5) is 14.1. The molecule has 3 heterocycles. The van der Waals surface area contributed by atoms with E-state index in [2.05, 4.69) is 15.5 Å². The molecule has 0 aromatic heterocycles. The molecule has 3 fully saturated rings. The molecule has 0 radical (unpaired) electrons. The van der Waals surface area contributed by atoms with Gasteiger partial charge in [-0.25, -0.2) is 0 Å². The Labute approximate surface area is 115 Å². The fourth-order valence-corrected chi connectivity index (χ4v) is 2.97. The SMILES string of the molecule is Cl.Cl.O=C(C1CNC1)N1CCC2NCCC2C1. The van der Waals surface area contributed by atoms with Crippen LogP contribution in [0.5, 0.6) is 0 Å². The molecule has 3 rings (SSSR count). The average Bonchev–Trinajstić information content (AvgIpc) is 2.61. The number of carbonyl (C=O) groups excluding carboxylic acids is 1. The van der Waals surface area contributed by atoms with Crippen LogP contribution in [0.2, 0.25) is 0 Å². The van der Waals surface area contributed by atoms with Crippen molar-refractivity contribution in [2.45, 2.75) is 18.9 Å². The van der Waals surface area contributed by atoms with Crippen molar-refractivity contribution in [3.8, 4) is 0 Å². The molecule has 0 bridgehead atoms. The molecule has 0 aromatic rings. The smallest absolute Gasteiger partial charge is 0.228 e.